The lowest BCUT2D eigenvalue weighted by Crippen LogP contribution is -2.14. The van der Waals surface area contributed by atoms with Crippen LogP contribution in [0.25, 0.3) is 0 Å². The molecule has 0 heterocycles. The van der Waals surface area contributed by atoms with Crippen molar-refractivity contribution in [3.8, 4) is 0 Å². The zero-order valence-electron chi connectivity index (χ0n) is 9.16. The lowest BCUT2D eigenvalue weighted by Gasteiger charge is -2.18. The number of hydrogen-bond acceptors (Lipinski definition) is 1. The third kappa shape index (κ3) is 1.28. The van der Waals surface area contributed by atoms with E-state index in [0.29, 0.717) is 0 Å². The van der Waals surface area contributed by atoms with E-state index in [1.807, 2.05) is 36.4 Å². The van der Waals surface area contributed by atoms with E-state index in [1.165, 1.54) is 5.56 Å². The third-order valence-corrected chi connectivity index (χ3v) is 3.15. The summed E-state index contributed by atoms with van der Waals surface area (Å²) in [5, 5.41) is 0. The predicted molar refractivity (Wildman–Crippen MR) is 63.9 cm³/mol. The summed E-state index contributed by atoms with van der Waals surface area (Å²) in [6, 6.07) is 13.9. The molecule has 1 nitrogen and oxygen atoms in total. The van der Waals surface area contributed by atoms with E-state index >= 15 is 0 Å². The Balaban J connectivity index is 2.22. The van der Waals surface area contributed by atoms with Crippen LogP contribution in [0.2, 0.25) is 0 Å². The first kappa shape index (κ1) is 9.34. The van der Waals surface area contributed by atoms with Crippen LogP contribution in [0, 0.1) is 6.92 Å². The average Bonchev–Trinajstić information content (AvgIpc) is 2.29. The molecule has 78 valence electrons. The molecule has 0 bridgehead atoms. The summed E-state index contributed by atoms with van der Waals surface area (Å²) in [6.07, 6.45) is 0.874. The van der Waals surface area contributed by atoms with Gasteiger partial charge in [-0.25, -0.2) is 0 Å². The van der Waals surface area contributed by atoms with Gasteiger partial charge in [-0.15, -0.1) is 0 Å². The second-order valence-electron chi connectivity index (χ2n) is 4.32. The highest BCUT2D eigenvalue weighted by atomic mass is 16.1. The van der Waals surface area contributed by atoms with E-state index in [2.05, 4.69) is 13.0 Å². The molecule has 1 aliphatic carbocycles. The minimum atomic E-state index is 0.164. The average molecular weight is 208 g/mol. The van der Waals surface area contributed by atoms with Gasteiger partial charge in [0.05, 0.1) is 0 Å². The molecule has 2 aromatic carbocycles. The van der Waals surface area contributed by atoms with Gasteiger partial charge in [-0.3, -0.25) is 4.79 Å². The van der Waals surface area contributed by atoms with Crippen LogP contribution in [0.15, 0.2) is 42.5 Å². The molecule has 0 amide bonds. The van der Waals surface area contributed by atoms with Gasteiger partial charge in [0.15, 0.2) is 5.78 Å². The van der Waals surface area contributed by atoms with E-state index in [-0.39, 0.29) is 5.78 Å². The van der Waals surface area contributed by atoms with E-state index in [0.717, 1.165) is 28.7 Å². The molecule has 0 saturated heterocycles. The molecular weight excluding hydrogens is 196 g/mol. The van der Waals surface area contributed by atoms with E-state index in [9.17, 15) is 4.79 Å². The third-order valence-electron chi connectivity index (χ3n) is 3.15. The van der Waals surface area contributed by atoms with Gasteiger partial charge in [-0.2, -0.15) is 0 Å². The van der Waals surface area contributed by atoms with Gasteiger partial charge in [0.25, 0.3) is 0 Å². The van der Waals surface area contributed by atoms with Gasteiger partial charge in [0.2, 0.25) is 0 Å². The van der Waals surface area contributed by atoms with Crippen LogP contribution in [0.5, 0.6) is 0 Å². The maximum absolute atomic E-state index is 12.2. The van der Waals surface area contributed by atoms with Crippen molar-refractivity contribution in [3.63, 3.8) is 0 Å². The fourth-order valence-corrected chi connectivity index (χ4v) is 2.34. The van der Waals surface area contributed by atoms with Crippen molar-refractivity contribution >= 4 is 5.78 Å². The predicted octanol–water partition coefficient (Wildman–Crippen LogP) is 3.13. The number of fused-ring (bicyclic) bond motifs is 2. The summed E-state index contributed by atoms with van der Waals surface area (Å²) >= 11 is 0. The summed E-state index contributed by atoms with van der Waals surface area (Å²) in [5.74, 6) is 0.164. The highest BCUT2D eigenvalue weighted by Crippen LogP contribution is 2.27. The van der Waals surface area contributed by atoms with Crippen LogP contribution in [-0.4, -0.2) is 5.78 Å². The largest absolute Gasteiger partial charge is 0.289 e. The SMILES string of the molecule is Cc1ccc2c(c1)Cc1ccccc1C2=O. The molecule has 3 rings (SSSR count). The molecule has 0 N–H and O–H groups in total. The molecular formula is C15H12O. The second-order valence-corrected chi connectivity index (χ2v) is 4.32. The molecule has 16 heavy (non-hydrogen) atoms. The molecule has 0 unspecified atom stereocenters. The quantitative estimate of drug-likeness (QED) is 0.554. The second kappa shape index (κ2) is 3.31. The Morgan fingerprint density at radius 3 is 2.56 bits per heavy atom. The maximum Gasteiger partial charge on any atom is 0.193 e. The number of rotatable bonds is 0. The fourth-order valence-electron chi connectivity index (χ4n) is 2.34. The number of aryl methyl sites for hydroxylation is 1. The van der Waals surface area contributed by atoms with Crippen molar-refractivity contribution in [2.24, 2.45) is 0 Å². The summed E-state index contributed by atoms with van der Waals surface area (Å²) in [4.78, 5) is 12.2. The molecule has 0 saturated carbocycles. The van der Waals surface area contributed by atoms with Crippen molar-refractivity contribution in [2.75, 3.05) is 0 Å². The molecule has 0 atom stereocenters. The molecule has 1 aliphatic rings. The lowest BCUT2D eigenvalue weighted by atomic mass is 9.84. The van der Waals surface area contributed by atoms with Crippen LogP contribution in [-0.2, 0) is 6.42 Å². The Kier molecular flexibility index (Phi) is 1.93. The minimum absolute atomic E-state index is 0.164. The molecule has 0 aliphatic heterocycles. The van der Waals surface area contributed by atoms with Gasteiger partial charge in [-0.1, -0.05) is 48.0 Å². The highest BCUT2D eigenvalue weighted by Gasteiger charge is 2.22. The van der Waals surface area contributed by atoms with Crippen molar-refractivity contribution in [1.29, 1.82) is 0 Å². The van der Waals surface area contributed by atoms with Crippen LogP contribution >= 0.6 is 0 Å². The standard InChI is InChI=1S/C15H12O/c1-10-6-7-14-12(8-10)9-11-4-2-3-5-13(11)15(14)16/h2-8H,9H2,1H3. The Labute approximate surface area is 94.7 Å². The van der Waals surface area contributed by atoms with Gasteiger partial charge < -0.3 is 0 Å². The van der Waals surface area contributed by atoms with Crippen molar-refractivity contribution in [3.05, 3.63) is 70.3 Å². The normalized spacial score (nSPS) is 13.2. The van der Waals surface area contributed by atoms with Crippen molar-refractivity contribution in [1.82, 2.24) is 0 Å². The van der Waals surface area contributed by atoms with Gasteiger partial charge in [0, 0.05) is 11.1 Å². The molecule has 1 heteroatoms. The number of carbonyl (C=O) groups is 1. The summed E-state index contributed by atoms with van der Waals surface area (Å²) in [7, 11) is 0. The van der Waals surface area contributed by atoms with E-state index < -0.39 is 0 Å². The number of hydrogen-bond donors (Lipinski definition) is 0. The number of carbonyl (C=O) groups excluding carboxylic acids is 1. The summed E-state index contributed by atoms with van der Waals surface area (Å²) < 4.78 is 0. The Morgan fingerprint density at radius 2 is 1.69 bits per heavy atom. The van der Waals surface area contributed by atoms with Crippen LogP contribution in [0.4, 0.5) is 0 Å². The van der Waals surface area contributed by atoms with Crippen molar-refractivity contribution in [2.45, 2.75) is 13.3 Å². The molecule has 0 aromatic heterocycles. The number of ketones is 1. The van der Waals surface area contributed by atoms with Gasteiger partial charge in [0.1, 0.15) is 0 Å². The van der Waals surface area contributed by atoms with Crippen LogP contribution < -0.4 is 0 Å². The van der Waals surface area contributed by atoms with Crippen molar-refractivity contribution < 1.29 is 4.79 Å². The monoisotopic (exact) mass is 208 g/mol. The van der Waals surface area contributed by atoms with Gasteiger partial charge in [-0.05, 0) is 24.5 Å². The highest BCUT2D eigenvalue weighted by molar-refractivity contribution is 6.12. The van der Waals surface area contributed by atoms with E-state index in [1.54, 1.807) is 0 Å². The first-order chi connectivity index (χ1) is 7.75. The van der Waals surface area contributed by atoms with Crippen LogP contribution in [0.1, 0.15) is 32.6 Å². The van der Waals surface area contributed by atoms with E-state index in [4.69, 9.17) is 0 Å². The zero-order valence-corrected chi connectivity index (χ0v) is 9.16. The lowest BCUT2D eigenvalue weighted by molar-refractivity contribution is 0.103. The molecule has 0 spiro atoms. The Hall–Kier alpha value is -1.89. The van der Waals surface area contributed by atoms with Gasteiger partial charge >= 0.3 is 0 Å². The smallest absolute Gasteiger partial charge is 0.193 e. The zero-order chi connectivity index (χ0) is 11.1. The first-order valence-corrected chi connectivity index (χ1v) is 5.48. The minimum Gasteiger partial charge on any atom is -0.289 e. The fraction of sp³-hybridized carbons (Fsp3) is 0.133. The molecule has 2 aromatic rings. The van der Waals surface area contributed by atoms with Crippen LogP contribution in [0.3, 0.4) is 0 Å². The summed E-state index contributed by atoms with van der Waals surface area (Å²) in [5.41, 5.74) is 5.24. The Bertz CT molecular complexity index is 582. The Morgan fingerprint density at radius 1 is 0.938 bits per heavy atom. The topological polar surface area (TPSA) is 17.1 Å². The maximum atomic E-state index is 12.2. The summed E-state index contributed by atoms with van der Waals surface area (Å²) in [6.45, 7) is 2.06. The number of benzene rings is 2. The molecule has 0 fully saturated rings. The molecule has 0 radical (unpaired) electrons. The first-order valence-electron chi connectivity index (χ1n) is 5.48.